The SMILES string of the molecule is Cc1sc(CN)cc1COC1CCCCC1C. The first-order valence-electron chi connectivity index (χ1n) is 6.60. The maximum absolute atomic E-state index is 6.09. The van der Waals surface area contributed by atoms with Gasteiger partial charge in [0.2, 0.25) is 0 Å². The Morgan fingerprint density at radius 2 is 2.18 bits per heavy atom. The Labute approximate surface area is 108 Å². The molecule has 3 heteroatoms. The van der Waals surface area contributed by atoms with Gasteiger partial charge in [-0.1, -0.05) is 19.8 Å². The standard InChI is InChI=1S/C14H23NOS/c1-10-5-3-4-6-14(10)16-9-12-7-13(8-15)17-11(12)2/h7,10,14H,3-6,8-9,15H2,1-2H3. The molecular formula is C14H23NOS. The minimum Gasteiger partial charge on any atom is -0.373 e. The van der Waals surface area contributed by atoms with E-state index >= 15 is 0 Å². The summed E-state index contributed by atoms with van der Waals surface area (Å²) in [5.41, 5.74) is 6.99. The summed E-state index contributed by atoms with van der Waals surface area (Å²) in [6.45, 7) is 5.88. The molecule has 17 heavy (non-hydrogen) atoms. The summed E-state index contributed by atoms with van der Waals surface area (Å²) in [6, 6.07) is 2.20. The van der Waals surface area contributed by atoms with Crippen molar-refractivity contribution in [1.29, 1.82) is 0 Å². The van der Waals surface area contributed by atoms with Crippen LogP contribution in [0.3, 0.4) is 0 Å². The summed E-state index contributed by atoms with van der Waals surface area (Å²) in [6.07, 6.45) is 5.71. The molecule has 2 rings (SSSR count). The number of hydrogen-bond acceptors (Lipinski definition) is 3. The normalized spacial score (nSPS) is 25.1. The second-order valence-electron chi connectivity index (χ2n) is 5.11. The van der Waals surface area contributed by atoms with Crippen molar-refractivity contribution in [2.45, 2.75) is 58.8 Å². The average Bonchev–Trinajstić information content (AvgIpc) is 2.69. The molecule has 1 aromatic heterocycles. The largest absolute Gasteiger partial charge is 0.373 e. The zero-order valence-corrected chi connectivity index (χ0v) is 11.7. The third kappa shape index (κ3) is 3.30. The molecule has 2 nitrogen and oxygen atoms in total. The molecule has 0 aliphatic heterocycles. The van der Waals surface area contributed by atoms with Crippen molar-refractivity contribution in [3.05, 3.63) is 21.4 Å². The van der Waals surface area contributed by atoms with E-state index in [0.29, 0.717) is 12.6 Å². The summed E-state index contributed by atoms with van der Waals surface area (Å²) in [5.74, 6) is 0.719. The first-order valence-corrected chi connectivity index (χ1v) is 7.42. The van der Waals surface area contributed by atoms with E-state index in [9.17, 15) is 0 Å². The van der Waals surface area contributed by atoms with Gasteiger partial charge in [-0.2, -0.15) is 0 Å². The van der Waals surface area contributed by atoms with Gasteiger partial charge in [-0.3, -0.25) is 0 Å². The van der Waals surface area contributed by atoms with Crippen LogP contribution in [0.1, 0.15) is 47.9 Å². The summed E-state index contributed by atoms with van der Waals surface area (Å²) in [4.78, 5) is 2.62. The molecule has 1 fully saturated rings. The van der Waals surface area contributed by atoms with Crippen LogP contribution < -0.4 is 5.73 Å². The van der Waals surface area contributed by atoms with Crippen LogP contribution in [0.4, 0.5) is 0 Å². The van der Waals surface area contributed by atoms with Crippen LogP contribution in [0, 0.1) is 12.8 Å². The average molecular weight is 253 g/mol. The van der Waals surface area contributed by atoms with E-state index < -0.39 is 0 Å². The Balaban J connectivity index is 1.90. The number of thiophene rings is 1. The molecule has 1 aliphatic rings. The van der Waals surface area contributed by atoms with Gasteiger partial charge < -0.3 is 10.5 Å². The number of aryl methyl sites for hydroxylation is 1. The summed E-state index contributed by atoms with van der Waals surface area (Å²) in [5, 5.41) is 0. The van der Waals surface area contributed by atoms with E-state index in [-0.39, 0.29) is 0 Å². The highest BCUT2D eigenvalue weighted by atomic mass is 32.1. The first-order chi connectivity index (χ1) is 8.20. The van der Waals surface area contributed by atoms with E-state index in [1.54, 1.807) is 11.3 Å². The van der Waals surface area contributed by atoms with Gasteiger partial charge in [-0.15, -0.1) is 11.3 Å². The van der Waals surface area contributed by atoms with Crippen LogP contribution in [0.5, 0.6) is 0 Å². The Morgan fingerprint density at radius 3 is 2.82 bits per heavy atom. The van der Waals surface area contributed by atoms with Gasteiger partial charge in [0.25, 0.3) is 0 Å². The maximum Gasteiger partial charge on any atom is 0.0731 e. The predicted molar refractivity (Wildman–Crippen MR) is 73.2 cm³/mol. The minimum absolute atomic E-state index is 0.462. The highest BCUT2D eigenvalue weighted by Gasteiger charge is 2.22. The summed E-state index contributed by atoms with van der Waals surface area (Å²) < 4.78 is 6.09. The lowest BCUT2D eigenvalue weighted by atomic mass is 9.88. The molecule has 0 radical (unpaired) electrons. The molecule has 1 heterocycles. The summed E-state index contributed by atoms with van der Waals surface area (Å²) in [7, 11) is 0. The fourth-order valence-electron chi connectivity index (χ4n) is 2.56. The Kier molecular flexibility index (Phi) is 4.60. The number of ether oxygens (including phenoxy) is 1. The first kappa shape index (κ1) is 13.1. The molecule has 2 N–H and O–H groups in total. The van der Waals surface area contributed by atoms with Crippen molar-refractivity contribution < 1.29 is 4.74 Å². The minimum atomic E-state index is 0.462. The Hall–Kier alpha value is -0.380. The van der Waals surface area contributed by atoms with Crippen LogP contribution >= 0.6 is 11.3 Å². The lowest BCUT2D eigenvalue weighted by Gasteiger charge is -2.28. The Morgan fingerprint density at radius 1 is 1.41 bits per heavy atom. The Bertz CT molecular complexity index is 361. The number of rotatable bonds is 4. The molecule has 1 aromatic rings. The maximum atomic E-state index is 6.09. The van der Waals surface area contributed by atoms with E-state index in [1.807, 2.05) is 0 Å². The van der Waals surface area contributed by atoms with Crippen LogP contribution in [-0.2, 0) is 17.9 Å². The molecule has 2 unspecified atom stereocenters. The zero-order valence-electron chi connectivity index (χ0n) is 10.9. The van der Waals surface area contributed by atoms with E-state index in [2.05, 4.69) is 19.9 Å². The van der Waals surface area contributed by atoms with E-state index in [4.69, 9.17) is 10.5 Å². The summed E-state index contributed by atoms with van der Waals surface area (Å²) >= 11 is 1.80. The smallest absolute Gasteiger partial charge is 0.0731 e. The molecular weight excluding hydrogens is 230 g/mol. The van der Waals surface area contributed by atoms with Crippen molar-refractivity contribution in [2.24, 2.45) is 11.7 Å². The fourth-order valence-corrected chi connectivity index (χ4v) is 3.48. The molecule has 0 spiro atoms. The van der Waals surface area contributed by atoms with E-state index in [1.165, 1.54) is 41.0 Å². The molecule has 0 bridgehead atoms. The van der Waals surface area contributed by atoms with Crippen LogP contribution in [0.2, 0.25) is 0 Å². The number of nitrogens with two attached hydrogens (primary N) is 1. The highest BCUT2D eigenvalue weighted by molar-refractivity contribution is 7.12. The molecule has 1 saturated carbocycles. The molecule has 0 saturated heterocycles. The van der Waals surface area contributed by atoms with Crippen LogP contribution in [0.25, 0.3) is 0 Å². The van der Waals surface area contributed by atoms with Crippen molar-refractivity contribution >= 4 is 11.3 Å². The van der Waals surface area contributed by atoms with Gasteiger partial charge in [0, 0.05) is 16.3 Å². The van der Waals surface area contributed by atoms with Gasteiger partial charge in [0.05, 0.1) is 12.7 Å². The van der Waals surface area contributed by atoms with Gasteiger partial charge in [0.1, 0.15) is 0 Å². The third-order valence-corrected chi connectivity index (χ3v) is 4.87. The van der Waals surface area contributed by atoms with Crippen molar-refractivity contribution in [2.75, 3.05) is 0 Å². The van der Waals surface area contributed by atoms with Crippen LogP contribution in [0.15, 0.2) is 6.07 Å². The third-order valence-electron chi connectivity index (χ3n) is 3.76. The van der Waals surface area contributed by atoms with Gasteiger partial charge in [-0.05, 0) is 37.3 Å². The quantitative estimate of drug-likeness (QED) is 0.889. The second kappa shape index (κ2) is 5.98. The number of hydrogen-bond donors (Lipinski definition) is 1. The lowest BCUT2D eigenvalue weighted by molar-refractivity contribution is -0.0155. The molecule has 1 aliphatic carbocycles. The van der Waals surface area contributed by atoms with Crippen LogP contribution in [-0.4, -0.2) is 6.10 Å². The molecule has 0 amide bonds. The fraction of sp³-hybridized carbons (Fsp3) is 0.714. The highest BCUT2D eigenvalue weighted by Crippen LogP contribution is 2.28. The van der Waals surface area contributed by atoms with Gasteiger partial charge >= 0.3 is 0 Å². The van der Waals surface area contributed by atoms with Gasteiger partial charge in [0.15, 0.2) is 0 Å². The van der Waals surface area contributed by atoms with Crippen molar-refractivity contribution in [1.82, 2.24) is 0 Å². The molecule has 2 atom stereocenters. The van der Waals surface area contributed by atoms with Crippen molar-refractivity contribution in [3.8, 4) is 0 Å². The van der Waals surface area contributed by atoms with E-state index in [0.717, 1.165) is 12.5 Å². The predicted octanol–water partition coefficient (Wildman–Crippen LogP) is 3.61. The molecule has 96 valence electrons. The van der Waals surface area contributed by atoms with Crippen molar-refractivity contribution in [3.63, 3.8) is 0 Å². The van der Waals surface area contributed by atoms with Gasteiger partial charge in [-0.25, -0.2) is 0 Å². The lowest BCUT2D eigenvalue weighted by Crippen LogP contribution is -2.25. The molecule has 0 aromatic carbocycles. The second-order valence-corrected chi connectivity index (χ2v) is 6.45. The topological polar surface area (TPSA) is 35.2 Å². The zero-order chi connectivity index (χ0) is 12.3. The monoisotopic (exact) mass is 253 g/mol.